The normalized spacial score (nSPS) is 12.2. The van der Waals surface area contributed by atoms with Crippen molar-refractivity contribution in [1.82, 2.24) is 4.98 Å². The lowest BCUT2D eigenvalue weighted by molar-refractivity contribution is -0.274. The quantitative estimate of drug-likeness (QED) is 0.510. The number of aromatic nitrogens is 1. The molecule has 6 nitrogen and oxygen atoms in total. The lowest BCUT2D eigenvalue weighted by Crippen LogP contribution is -2.22. The molecule has 0 aliphatic carbocycles. The van der Waals surface area contributed by atoms with Crippen molar-refractivity contribution in [2.75, 3.05) is 5.32 Å². The van der Waals surface area contributed by atoms with Crippen LogP contribution in [0.4, 0.5) is 18.9 Å². The van der Waals surface area contributed by atoms with Gasteiger partial charge in [0.25, 0.3) is 0 Å². The number of guanidine groups is 1. The van der Waals surface area contributed by atoms with Crippen molar-refractivity contribution in [2.45, 2.75) is 12.9 Å². The smallest absolute Gasteiger partial charge is 0.443 e. The Morgan fingerprint density at radius 3 is 2.69 bits per heavy atom. The lowest BCUT2D eigenvalue weighted by Gasteiger charge is -2.10. The van der Waals surface area contributed by atoms with Crippen LogP contribution in [0.25, 0.3) is 10.8 Å². The fourth-order valence-electron chi connectivity index (χ4n) is 1.99. The van der Waals surface area contributed by atoms with Gasteiger partial charge in [0.2, 0.25) is 5.89 Å². The van der Waals surface area contributed by atoms with Gasteiger partial charge in [-0.05, 0) is 35.7 Å². The highest BCUT2D eigenvalue weighted by Crippen LogP contribution is 2.25. The number of halogens is 3. The van der Waals surface area contributed by atoms with Gasteiger partial charge in [0, 0.05) is 5.69 Å². The summed E-state index contributed by atoms with van der Waals surface area (Å²) in [6.07, 6.45) is -3.23. The average Bonchev–Trinajstić information content (AvgIpc) is 3.24. The van der Waals surface area contributed by atoms with Crippen LogP contribution < -0.4 is 15.8 Å². The number of alkyl halides is 3. The van der Waals surface area contributed by atoms with Gasteiger partial charge >= 0.3 is 6.36 Å². The number of nitrogens with zero attached hydrogens (tertiary/aromatic N) is 2. The van der Waals surface area contributed by atoms with E-state index in [1.165, 1.54) is 41.9 Å². The van der Waals surface area contributed by atoms with Crippen LogP contribution >= 0.6 is 11.3 Å². The maximum atomic E-state index is 12.1. The molecule has 0 atom stereocenters. The number of benzene rings is 1. The van der Waals surface area contributed by atoms with Gasteiger partial charge in [-0.25, -0.2) is 9.98 Å². The highest BCUT2D eigenvalue weighted by atomic mass is 32.1. The summed E-state index contributed by atoms with van der Waals surface area (Å²) in [6, 6.07) is 8.94. The molecule has 0 radical (unpaired) electrons. The maximum absolute atomic E-state index is 12.1. The molecule has 0 amide bonds. The van der Waals surface area contributed by atoms with E-state index in [1.54, 1.807) is 0 Å². The minimum absolute atomic E-state index is 0.0927. The van der Waals surface area contributed by atoms with Crippen LogP contribution in [0.2, 0.25) is 0 Å². The average molecular weight is 382 g/mol. The number of rotatable bonds is 5. The molecule has 136 valence electrons. The second kappa shape index (κ2) is 7.48. The summed E-state index contributed by atoms with van der Waals surface area (Å²) in [5, 5.41) is 4.69. The van der Waals surface area contributed by atoms with Crippen molar-refractivity contribution in [3.63, 3.8) is 0 Å². The first-order chi connectivity index (χ1) is 12.4. The zero-order valence-corrected chi connectivity index (χ0v) is 14.0. The number of hydrogen-bond donors (Lipinski definition) is 2. The minimum atomic E-state index is -4.73. The predicted octanol–water partition coefficient (Wildman–Crippen LogP) is 4.23. The molecule has 3 rings (SSSR count). The van der Waals surface area contributed by atoms with E-state index < -0.39 is 6.36 Å². The molecule has 2 heterocycles. The number of oxazole rings is 1. The Morgan fingerprint density at radius 1 is 1.27 bits per heavy atom. The summed E-state index contributed by atoms with van der Waals surface area (Å²) >= 11 is 1.51. The van der Waals surface area contributed by atoms with Gasteiger partial charge < -0.3 is 20.2 Å². The number of aliphatic imine (C=N–C) groups is 1. The van der Waals surface area contributed by atoms with Crippen molar-refractivity contribution in [1.29, 1.82) is 0 Å². The van der Waals surface area contributed by atoms with Crippen LogP contribution in [-0.4, -0.2) is 17.3 Å². The van der Waals surface area contributed by atoms with E-state index in [0.29, 0.717) is 17.3 Å². The topological polar surface area (TPSA) is 85.7 Å². The van der Waals surface area contributed by atoms with E-state index in [-0.39, 0.29) is 18.3 Å². The number of ether oxygens (including phenoxy) is 1. The Kier molecular flexibility index (Phi) is 5.12. The van der Waals surface area contributed by atoms with Crippen LogP contribution in [0.15, 0.2) is 57.5 Å². The summed E-state index contributed by atoms with van der Waals surface area (Å²) < 4.78 is 45.5. The summed E-state index contributed by atoms with van der Waals surface area (Å²) in [4.78, 5) is 9.34. The standard InChI is InChI=1S/C16H13F3N4O2S/c17-16(18,19)25-12-5-3-10(4-6-12)23-15(20)21-8-11-9-24-14(22-11)13-2-1-7-26-13/h1-7,9H,8H2,(H3,20,21,23). The molecule has 0 spiro atoms. The van der Waals surface area contributed by atoms with E-state index in [4.69, 9.17) is 10.2 Å². The summed E-state index contributed by atoms with van der Waals surface area (Å²) in [5.41, 5.74) is 6.84. The van der Waals surface area contributed by atoms with Crippen LogP contribution in [-0.2, 0) is 6.54 Å². The van der Waals surface area contributed by atoms with Crippen LogP contribution in [0.3, 0.4) is 0 Å². The third-order valence-corrected chi connectivity index (χ3v) is 3.91. The Labute approximate surface area is 150 Å². The number of nitrogens with two attached hydrogens (primary N) is 1. The highest BCUT2D eigenvalue weighted by Gasteiger charge is 2.30. The molecule has 10 heteroatoms. The molecule has 0 aliphatic rings. The second-order valence-electron chi connectivity index (χ2n) is 5.02. The predicted molar refractivity (Wildman–Crippen MR) is 91.9 cm³/mol. The molecule has 0 bridgehead atoms. The van der Waals surface area contributed by atoms with Gasteiger partial charge in [-0.15, -0.1) is 24.5 Å². The molecule has 0 aliphatic heterocycles. The van der Waals surface area contributed by atoms with Crippen molar-refractivity contribution in [3.05, 3.63) is 53.7 Å². The van der Waals surface area contributed by atoms with Gasteiger partial charge in [-0.3, -0.25) is 0 Å². The van der Waals surface area contributed by atoms with Gasteiger partial charge in [-0.1, -0.05) is 6.07 Å². The third kappa shape index (κ3) is 4.99. The van der Waals surface area contributed by atoms with Crippen molar-refractivity contribution in [3.8, 4) is 16.5 Å². The van der Waals surface area contributed by atoms with Crippen LogP contribution in [0.1, 0.15) is 5.69 Å². The van der Waals surface area contributed by atoms with Gasteiger partial charge in [0.05, 0.1) is 11.4 Å². The number of hydrogen-bond acceptors (Lipinski definition) is 5. The zero-order chi connectivity index (χ0) is 18.6. The Morgan fingerprint density at radius 2 is 2.04 bits per heavy atom. The fraction of sp³-hybridized carbons (Fsp3) is 0.125. The van der Waals surface area contributed by atoms with Crippen molar-refractivity contribution < 1.29 is 22.3 Å². The van der Waals surface area contributed by atoms with Gasteiger partial charge in [0.15, 0.2) is 5.96 Å². The van der Waals surface area contributed by atoms with E-state index >= 15 is 0 Å². The Balaban J connectivity index is 1.57. The molecule has 0 unspecified atom stereocenters. The molecule has 3 aromatic rings. The van der Waals surface area contributed by atoms with E-state index in [1.807, 2.05) is 17.5 Å². The van der Waals surface area contributed by atoms with Gasteiger partial charge in [0.1, 0.15) is 17.7 Å². The van der Waals surface area contributed by atoms with E-state index in [2.05, 4.69) is 20.0 Å². The molecule has 26 heavy (non-hydrogen) atoms. The fourth-order valence-corrected chi connectivity index (χ4v) is 2.64. The van der Waals surface area contributed by atoms with Gasteiger partial charge in [-0.2, -0.15) is 0 Å². The summed E-state index contributed by atoms with van der Waals surface area (Å²) in [5.74, 6) is 0.286. The second-order valence-corrected chi connectivity index (χ2v) is 5.97. The first-order valence-electron chi connectivity index (χ1n) is 7.30. The largest absolute Gasteiger partial charge is 0.573 e. The molecule has 2 aromatic heterocycles. The van der Waals surface area contributed by atoms with Crippen molar-refractivity contribution >= 4 is 23.0 Å². The third-order valence-electron chi connectivity index (χ3n) is 3.06. The van der Waals surface area contributed by atoms with E-state index in [0.717, 1.165) is 4.88 Å². The maximum Gasteiger partial charge on any atom is 0.573 e. The summed E-state index contributed by atoms with van der Waals surface area (Å²) in [7, 11) is 0. The molecular formula is C16H13F3N4O2S. The van der Waals surface area contributed by atoms with E-state index in [9.17, 15) is 13.2 Å². The summed E-state index contributed by atoms with van der Waals surface area (Å²) in [6.45, 7) is 0.197. The lowest BCUT2D eigenvalue weighted by atomic mass is 10.3. The molecule has 0 saturated heterocycles. The van der Waals surface area contributed by atoms with Crippen molar-refractivity contribution in [2.24, 2.45) is 10.7 Å². The molecule has 3 N–H and O–H groups in total. The zero-order valence-electron chi connectivity index (χ0n) is 13.2. The molecule has 1 aromatic carbocycles. The molecular weight excluding hydrogens is 369 g/mol. The number of nitrogens with one attached hydrogen (secondary N) is 1. The Bertz CT molecular complexity index is 874. The first kappa shape index (κ1) is 17.8. The highest BCUT2D eigenvalue weighted by molar-refractivity contribution is 7.13. The van der Waals surface area contributed by atoms with Crippen LogP contribution in [0.5, 0.6) is 5.75 Å². The Hall–Kier alpha value is -3.01. The monoisotopic (exact) mass is 382 g/mol. The minimum Gasteiger partial charge on any atom is -0.443 e. The molecule has 0 saturated carbocycles. The number of thiophene rings is 1. The molecule has 0 fully saturated rings. The van der Waals surface area contributed by atoms with Crippen LogP contribution in [0, 0.1) is 0 Å². The first-order valence-corrected chi connectivity index (χ1v) is 8.18. The number of anilines is 1. The SMILES string of the molecule is NC(=NCc1coc(-c2cccs2)n1)Nc1ccc(OC(F)(F)F)cc1.